The normalized spacial score (nSPS) is 30.5. The van der Waals surface area contributed by atoms with Crippen LogP contribution in [-0.4, -0.2) is 43.4 Å². The Morgan fingerprint density at radius 3 is 2.31 bits per heavy atom. The van der Waals surface area contributed by atoms with Crippen molar-refractivity contribution in [2.24, 2.45) is 0 Å². The maximum absolute atomic E-state index is 14.2. The highest BCUT2D eigenvalue weighted by Crippen LogP contribution is 2.60. The molecule has 3 saturated heterocycles. The molecule has 10 heteroatoms. The van der Waals surface area contributed by atoms with Gasteiger partial charge in [0.1, 0.15) is 11.5 Å². The second-order valence-electron chi connectivity index (χ2n) is 10.6. The summed E-state index contributed by atoms with van der Waals surface area (Å²) in [6.45, 7) is 0.479. The van der Waals surface area contributed by atoms with Gasteiger partial charge in [-0.1, -0.05) is 48.5 Å². The first-order chi connectivity index (χ1) is 18.5. The largest absolute Gasteiger partial charge is 0.573 e. The lowest BCUT2D eigenvalue weighted by molar-refractivity contribution is -0.274. The third-order valence-corrected chi connectivity index (χ3v) is 10.7. The molecule has 0 saturated carbocycles. The number of halogens is 3. The van der Waals surface area contributed by atoms with Crippen LogP contribution in [0.25, 0.3) is 0 Å². The van der Waals surface area contributed by atoms with E-state index in [0.29, 0.717) is 19.4 Å². The van der Waals surface area contributed by atoms with Crippen LogP contribution in [0.3, 0.4) is 0 Å². The summed E-state index contributed by atoms with van der Waals surface area (Å²) < 4.78 is 78.1. The first-order valence-corrected chi connectivity index (χ1v) is 14.4. The third-order valence-electron chi connectivity index (χ3n) is 8.55. The molecule has 3 heterocycles. The standard InChI is InChI=1S/C29H28F3NO5S/c30-29(31,32)38-20-12-13-24(34)22(16-20)23-17-27(14-7-15-37-27)28(19-8-3-1-4-9-19)18-25(26(23)33-28)39(35,36)21-10-5-2-6-11-21/h1-6,8-13,16,23,25-26,33-34H,7,14-15,17-18H2. The number of hydrogen-bond acceptors (Lipinski definition) is 6. The van der Waals surface area contributed by atoms with Gasteiger partial charge >= 0.3 is 6.36 Å². The number of alkyl halides is 3. The lowest BCUT2D eigenvalue weighted by atomic mass is 9.66. The van der Waals surface area contributed by atoms with Gasteiger partial charge in [-0.25, -0.2) is 8.42 Å². The molecule has 3 aliphatic rings. The summed E-state index contributed by atoms with van der Waals surface area (Å²) in [6.07, 6.45) is -2.98. The molecule has 2 bridgehead atoms. The van der Waals surface area contributed by atoms with Crippen LogP contribution < -0.4 is 10.1 Å². The van der Waals surface area contributed by atoms with E-state index in [1.165, 1.54) is 0 Å². The van der Waals surface area contributed by atoms with E-state index in [4.69, 9.17) is 4.74 Å². The van der Waals surface area contributed by atoms with Crippen LogP contribution in [-0.2, 0) is 20.1 Å². The number of aromatic hydroxyl groups is 1. The Morgan fingerprint density at radius 1 is 0.974 bits per heavy atom. The van der Waals surface area contributed by atoms with E-state index in [2.05, 4.69) is 10.1 Å². The van der Waals surface area contributed by atoms with E-state index < -0.39 is 50.3 Å². The van der Waals surface area contributed by atoms with Crippen molar-refractivity contribution in [3.63, 3.8) is 0 Å². The number of sulfone groups is 1. The summed E-state index contributed by atoms with van der Waals surface area (Å²) in [5.74, 6) is -1.36. The second kappa shape index (κ2) is 9.25. The lowest BCUT2D eigenvalue weighted by Crippen LogP contribution is -2.63. The summed E-state index contributed by atoms with van der Waals surface area (Å²) in [5, 5.41) is 13.6. The van der Waals surface area contributed by atoms with Crippen molar-refractivity contribution in [1.29, 1.82) is 0 Å². The van der Waals surface area contributed by atoms with Crippen molar-refractivity contribution in [2.45, 2.75) is 65.3 Å². The van der Waals surface area contributed by atoms with Gasteiger partial charge < -0.3 is 19.9 Å². The summed E-state index contributed by atoms with van der Waals surface area (Å²) >= 11 is 0. The monoisotopic (exact) mass is 559 g/mol. The van der Waals surface area contributed by atoms with Crippen LogP contribution in [0.1, 0.15) is 42.7 Å². The van der Waals surface area contributed by atoms with Gasteiger partial charge in [0.15, 0.2) is 9.84 Å². The molecule has 3 aliphatic heterocycles. The van der Waals surface area contributed by atoms with E-state index in [9.17, 15) is 26.7 Å². The van der Waals surface area contributed by atoms with Crippen molar-refractivity contribution < 1.29 is 36.2 Å². The molecule has 5 atom stereocenters. The van der Waals surface area contributed by atoms with Crippen molar-refractivity contribution in [3.05, 3.63) is 90.0 Å². The number of phenols is 1. The number of fused-ring (bicyclic) bond motifs is 3. The molecular formula is C29H28F3NO5S. The highest BCUT2D eigenvalue weighted by atomic mass is 32.2. The third kappa shape index (κ3) is 4.29. The molecule has 2 N–H and O–H groups in total. The van der Waals surface area contributed by atoms with Gasteiger partial charge in [0, 0.05) is 24.1 Å². The van der Waals surface area contributed by atoms with E-state index in [1.807, 2.05) is 30.3 Å². The Balaban J connectivity index is 1.53. The number of benzene rings is 3. The van der Waals surface area contributed by atoms with Crippen molar-refractivity contribution in [1.82, 2.24) is 5.32 Å². The number of nitrogens with one attached hydrogen (secondary N) is 1. The zero-order valence-corrected chi connectivity index (χ0v) is 21.7. The van der Waals surface area contributed by atoms with Crippen LogP contribution in [0, 0.1) is 0 Å². The smallest absolute Gasteiger partial charge is 0.508 e. The first-order valence-electron chi connectivity index (χ1n) is 12.9. The molecule has 5 unspecified atom stereocenters. The summed E-state index contributed by atoms with van der Waals surface area (Å²) in [4.78, 5) is 0.172. The maximum Gasteiger partial charge on any atom is 0.573 e. The van der Waals surface area contributed by atoms with Gasteiger partial charge in [-0.15, -0.1) is 13.2 Å². The van der Waals surface area contributed by atoms with Gasteiger partial charge in [0.25, 0.3) is 0 Å². The average Bonchev–Trinajstić information content (AvgIpc) is 3.53. The molecule has 0 aliphatic carbocycles. The molecular weight excluding hydrogens is 531 g/mol. The van der Waals surface area contributed by atoms with Gasteiger partial charge in [0.2, 0.25) is 0 Å². The Hall–Kier alpha value is -3.08. The lowest BCUT2D eigenvalue weighted by Gasteiger charge is -2.52. The highest BCUT2D eigenvalue weighted by molar-refractivity contribution is 7.92. The van der Waals surface area contributed by atoms with Crippen LogP contribution >= 0.6 is 0 Å². The number of ether oxygens (including phenoxy) is 2. The molecule has 0 amide bonds. The minimum absolute atomic E-state index is 0.172. The van der Waals surface area contributed by atoms with E-state index >= 15 is 0 Å². The summed E-state index contributed by atoms with van der Waals surface area (Å²) in [7, 11) is -3.89. The molecule has 39 heavy (non-hydrogen) atoms. The molecule has 3 aromatic carbocycles. The molecule has 6 rings (SSSR count). The molecule has 0 aromatic heterocycles. The molecule has 206 valence electrons. The van der Waals surface area contributed by atoms with Gasteiger partial charge in [-0.2, -0.15) is 0 Å². The van der Waals surface area contributed by atoms with Crippen LogP contribution in [0.15, 0.2) is 83.8 Å². The fourth-order valence-corrected chi connectivity index (χ4v) is 9.00. The number of phenolic OH excluding ortho intramolecular Hbond substituents is 1. The minimum Gasteiger partial charge on any atom is -0.508 e. The van der Waals surface area contributed by atoms with Gasteiger partial charge in [0.05, 0.1) is 21.3 Å². The van der Waals surface area contributed by atoms with Crippen LogP contribution in [0.2, 0.25) is 0 Å². The van der Waals surface area contributed by atoms with Crippen molar-refractivity contribution >= 4 is 9.84 Å². The highest BCUT2D eigenvalue weighted by Gasteiger charge is 2.68. The van der Waals surface area contributed by atoms with E-state index in [1.54, 1.807) is 30.3 Å². The summed E-state index contributed by atoms with van der Waals surface area (Å²) in [5.41, 5.74) is -0.571. The SMILES string of the molecule is O=S(=O)(c1ccccc1)C1CC2(c3ccccc3)NC1C(c1cc(OC(F)(F)F)ccc1O)CC21CCCO1. The zero-order chi connectivity index (χ0) is 27.5. The van der Waals surface area contributed by atoms with Crippen molar-refractivity contribution in [3.8, 4) is 11.5 Å². The van der Waals surface area contributed by atoms with Crippen LogP contribution in [0.4, 0.5) is 13.2 Å². The Bertz CT molecular complexity index is 1460. The molecule has 3 fully saturated rings. The number of rotatable bonds is 5. The average molecular weight is 560 g/mol. The molecule has 1 spiro atoms. The molecule has 6 nitrogen and oxygen atoms in total. The Labute approximate surface area is 224 Å². The Kier molecular flexibility index (Phi) is 6.20. The first kappa shape index (κ1) is 26.2. The predicted octanol–water partition coefficient (Wildman–Crippen LogP) is 5.43. The summed E-state index contributed by atoms with van der Waals surface area (Å²) in [6, 6.07) is 20.4. The topological polar surface area (TPSA) is 84.9 Å². The van der Waals surface area contributed by atoms with Gasteiger partial charge in [-0.3, -0.25) is 0 Å². The minimum atomic E-state index is -4.91. The van der Waals surface area contributed by atoms with E-state index in [-0.39, 0.29) is 22.6 Å². The van der Waals surface area contributed by atoms with Crippen LogP contribution in [0.5, 0.6) is 11.5 Å². The fraction of sp³-hybridized carbons (Fsp3) is 0.379. The van der Waals surface area contributed by atoms with E-state index in [0.717, 1.165) is 30.2 Å². The number of hydrogen-bond donors (Lipinski definition) is 2. The molecule has 3 aromatic rings. The second-order valence-corrected chi connectivity index (χ2v) is 12.7. The zero-order valence-electron chi connectivity index (χ0n) is 20.9. The number of piperidine rings is 1. The maximum atomic E-state index is 14.2. The van der Waals surface area contributed by atoms with Gasteiger partial charge in [-0.05, 0) is 61.6 Å². The molecule has 0 radical (unpaired) electrons. The Morgan fingerprint density at radius 2 is 1.67 bits per heavy atom. The predicted molar refractivity (Wildman–Crippen MR) is 137 cm³/mol. The van der Waals surface area contributed by atoms with Crippen molar-refractivity contribution in [2.75, 3.05) is 6.61 Å². The quantitative estimate of drug-likeness (QED) is 0.434. The fourth-order valence-electron chi connectivity index (χ4n) is 7.00.